The maximum atomic E-state index is 11.3. The minimum Gasteiger partial charge on any atom is -0.295 e. The second kappa shape index (κ2) is 5.05. The van der Waals surface area contributed by atoms with Crippen molar-refractivity contribution in [2.75, 3.05) is 0 Å². The molecule has 5 nitrogen and oxygen atoms in total. The highest BCUT2D eigenvalue weighted by Crippen LogP contribution is 2.39. The second-order valence-corrected chi connectivity index (χ2v) is 6.30. The quantitative estimate of drug-likeness (QED) is 0.801. The summed E-state index contributed by atoms with van der Waals surface area (Å²) < 4.78 is 2.76. The fourth-order valence-corrected chi connectivity index (χ4v) is 3.17. The van der Waals surface area contributed by atoms with Gasteiger partial charge >= 0.3 is 0 Å². The third-order valence-corrected chi connectivity index (χ3v) is 4.84. The van der Waals surface area contributed by atoms with Gasteiger partial charge in [-0.05, 0) is 70.0 Å². The molecule has 0 amide bonds. The molecule has 0 spiro atoms. The summed E-state index contributed by atoms with van der Waals surface area (Å²) in [5.41, 5.74) is 0.693. The van der Waals surface area contributed by atoms with Gasteiger partial charge in [0.1, 0.15) is 0 Å². The third-order valence-electron chi connectivity index (χ3n) is 2.90. The number of ketones is 1. The van der Waals surface area contributed by atoms with Gasteiger partial charge in [0.2, 0.25) is 5.16 Å². The first kappa shape index (κ1) is 12.8. The van der Waals surface area contributed by atoms with Gasteiger partial charge in [0.15, 0.2) is 5.78 Å². The van der Waals surface area contributed by atoms with Crippen LogP contribution in [0.1, 0.15) is 36.2 Å². The maximum absolute atomic E-state index is 11.3. The number of hydrogen-bond acceptors (Lipinski definition) is 5. The summed E-state index contributed by atoms with van der Waals surface area (Å²) in [7, 11) is 0. The van der Waals surface area contributed by atoms with Crippen LogP contribution in [0.25, 0.3) is 0 Å². The van der Waals surface area contributed by atoms with E-state index in [2.05, 4.69) is 31.5 Å². The van der Waals surface area contributed by atoms with Crippen molar-refractivity contribution >= 4 is 33.5 Å². The van der Waals surface area contributed by atoms with E-state index >= 15 is 0 Å². The van der Waals surface area contributed by atoms with E-state index in [9.17, 15) is 4.79 Å². The summed E-state index contributed by atoms with van der Waals surface area (Å²) in [5.74, 6) is 0.0556. The van der Waals surface area contributed by atoms with Gasteiger partial charge in [0, 0.05) is 14.9 Å². The molecular formula is C12H11BrN4OS. The normalized spacial score (nSPS) is 14.6. The molecule has 3 rings (SSSR count). The average Bonchev–Trinajstić information content (AvgIpc) is 3.12. The van der Waals surface area contributed by atoms with E-state index in [-0.39, 0.29) is 5.78 Å². The molecule has 1 aromatic carbocycles. The Hall–Kier alpha value is -1.21. The van der Waals surface area contributed by atoms with Crippen LogP contribution in [0.15, 0.2) is 32.7 Å². The first-order chi connectivity index (χ1) is 9.15. The number of rotatable bonds is 4. The molecular weight excluding hydrogens is 328 g/mol. The monoisotopic (exact) mass is 338 g/mol. The summed E-state index contributed by atoms with van der Waals surface area (Å²) >= 11 is 4.99. The molecule has 0 aliphatic heterocycles. The van der Waals surface area contributed by atoms with Crippen molar-refractivity contribution in [3.8, 4) is 0 Å². The van der Waals surface area contributed by atoms with Gasteiger partial charge < -0.3 is 0 Å². The summed E-state index contributed by atoms with van der Waals surface area (Å²) in [4.78, 5) is 12.3. The van der Waals surface area contributed by atoms with E-state index in [1.807, 2.05) is 22.9 Å². The van der Waals surface area contributed by atoms with Crippen LogP contribution < -0.4 is 0 Å². The maximum Gasteiger partial charge on any atom is 0.214 e. The van der Waals surface area contributed by atoms with Crippen LogP contribution in [0.5, 0.6) is 0 Å². The lowest BCUT2D eigenvalue weighted by molar-refractivity contribution is 0.101. The Morgan fingerprint density at radius 3 is 2.89 bits per heavy atom. The lowest BCUT2D eigenvalue weighted by Crippen LogP contribution is -1.98. The number of carbonyl (C=O) groups excluding carboxylic acids is 1. The fraction of sp³-hybridized carbons (Fsp3) is 0.333. The fourth-order valence-electron chi connectivity index (χ4n) is 1.70. The van der Waals surface area contributed by atoms with Crippen LogP contribution in [0.4, 0.5) is 0 Å². The molecule has 1 heterocycles. The molecule has 1 aliphatic rings. The number of tetrazole rings is 1. The van der Waals surface area contributed by atoms with Crippen LogP contribution in [0.2, 0.25) is 0 Å². The van der Waals surface area contributed by atoms with Crippen LogP contribution in [0.3, 0.4) is 0 Å². The highest BCUT2D eigenvalue weighted by atomic mass is 79.9. The number of carbonyl (C=O) groups is 1. The van der Waals surface area contributed by atoms with E-state index in [1.165, 1.54) is 11.8 Å². The Morgan fingerprint density at radius 2 is 2.26 bits per heavy atom. The van der Waals surface area contributed by atoms with Gasteiger partial charge in [0.05, 0.1) is 6.04 Å². The second-order valence-electron chi connectivity index (χ2n) is 4.44. The molecule has 19 heavy (non-hydrogen) atoms. The van der Waals surface area contributed by atoms with Crippen molar-refractivity contribution < 1.29 is 4.79 Å². The Morgan fingerprint density at radius 1 is 1.47 bits per heavy atom. The molecule has 1 aliphatic carbocycles. The van der Waals surface area contributed by atoms with E-state index < -0.39 is 0 Å². The van der Waals surface area contributed by atoms with E-state index in [0.29, 0.717) is 11.6 Å². The van der Waals surface area contributed by atoms with E-state index in [0.717, 1.165) is 27.4 Å². The van der Waals surface area contributed by atoms with Crippen LogP contribution in [-0.4, -0.2) is 26.0 Å². The Labute approximate surface area is 122 Å². The molecule has 0 unspecified atom stereocenters. The first-order valence-corrected chi connectivity index (χ1v) is 7.52. The topological polar surface area (TPSA) is 60.7 Å². The summed E-state index contributed by atoms with van der Waals surface area (Å²) in [6.07, 6.45) is 2.28. The molecule has 0 N–H and O–H groups in total. The molecule has 0 radical (unpaired) electrons. The summed E-state index contributed by atoms with van der Waals surface area (Å²) in [6, 6.07) is 6.02. The van der Waals surface area contributed by atoms with Crippen LogP contribution >= 0.6 is 27.7 Å². The van der Waals surface area contributed by atoms with Gasteiger partial charge in [0.25, 0.3) is 0 Å². The van der Waals surface area contributed by atoms with Crippen molar-refractivity contribution in [1.82, 2.24) is 20.2 Å². The molecule has 1 fully saturated rings. The molecule has 7 heteroatoms. The van der Waals surface area contributed by atoms with Crippen molar-refractivity contribution in [2.24, 2.45) is 0 Å². The summed E-state index contributed by atoms with van der Waals surface area (Å²) in [6.45, 7) is 1.56. The smallest absolute Gasteiger partial charge is 0.214 e. The number of Topliss-reactive ketones (excluding diaryl/α,β-unsaturated/α-hetero) is 1. The molecule has 1 saturated carbocycles. The highest BCUT2D eigenvalue weighted by molar-refractivity contribution is 9.10. The Bertz CT molecular complexity index is 638. The van der Waals surface area contributed by atoms with Gasteiger partial charge in [-0.25, -0.2) is 4.68 Å². The van der Waals surface area contributed by atoms with E-state index in [4.69, 9.17) is 0 Å². The number of aromatic nitrogens is 4. The number of hydrogen-bond donors (Lipinski definition) is 0. The van der Waals surface area contributed by atoms with Crippen molar-refractivity contribution in [1.29, 1.82) is 0 Å². The van der Waals surface area contributed by atoms with Crippen LogP contribution in [0, 0.1) is 0 Å². The standard InChI is InChI=1S/C12H11BrN4OS/c1-7(18)8-2-5-11(10(13)6-8)19-12-14-15-16-17(12)9-3-4-9/h2,5-6,9H,3-4H2,1H3. The zero-order valence-corrected chi connectivity index (χ0v) is 12.6. The van der Waals surface area contributed by atoms with Crippen LogP contribution in [-0.2, 0) is 0 Å². The first-order valence-electron chi connectivity index (χ1n) is 5.91. The molecule has 0 saturated heterocycles. The predicted molar refractivity (Wildman–Crippen MR) is 74.4 cm³/mol. The average molecular weight is 339 g/mol. The zero-order valence-electron chi connectivity index (χ0n) is 10.2. The minimum atomic E-state index is 0.0556. The molecule has 2 aromatic rings. The van der Waals surface area contributed by atoms with Crippen molar-refractivity contribution in [3.05, 3.63) is 28.2 Å². The number of nitrogens with zero attached hydrogens (tertiary/aromatic N) is 4. The predicted octanol–water partition coefficient (Wildman–Crippen LogP) is 3.12. The number of halogens is 1. The SMILES string of the molecule is CC(=O)c1ccc(Sc2nnnn2C2CC2)c(Br)c1. The molecule has 0 bridgehead atoms. The molecule has 98 valence electrons. The van der Waals surface area contributed by atoms with Crippen molar-refractivity contribution in [3.63, 3.8) is 0 Å². The Kier molecular flexibility index (Phi) is 3.40. The minimum absolute atomic E-state index is 0.0556. The lowest BCUT2D eigenvalue weighted by Gasteiger charge is -2.05. The van der Waals surface area contributed by atoms with Crippen molar-refractivity contribution in [2.45, 2.75) is 35.9 Å². The van der Waals surface area contributed by atoms with Gasteiger partial charge in [-0.2, -0.15) is 0 Å². The highest BCUT2D eigenvalue weighted by Gasteiger charge is 2.28. The third kappa shape index (κ3) is 2.71. The number of benzene rings is 1. The van der Waals surface area contributed by atoms with Gasteiger partial charge in [-0.1, -0.05) is 6.07 Å². The van der Waals surface area contributed by atoms with Gasteiger partial charge in [-0.3, -0.25) is 4.79 Å². The van der Waals surface area contributed by atoms with Gasteiger partial charge in [-0.15, -0.1) is 5.10 Å². The largest absolute Gasteiger partial charge is 0.295 e. The molecule has 1 aromatic heterocycles. The Balaban J connectivity index is 1.86. The summed E-state index contributed by atoms with van der Waals surface area (Å²) in [5, 5.41) is 12.6. The molecule has 0 atom stereocenters. The lowest BCUT2D eigenvalue weighted by atomic mass is 10.2. The zero-order chi connectivity index (χ0) is 13.4. The van der Waals surface area contributed by atoms with E-state index in [1.54, 1.807) is 6.92 Å².